The summed E-state index contributed by atoms with van der Waals surface area (Å²) in [4.78, 5) is 29.0. The average Bonchev–Trinajstić information content (AvgIpc) is 3.47. The number of fused-ring (bicyclic) bond motifs is 2. The SMILES string of the molecule is C=CCc1cc(C=Nn2c(-c3cc4cc(Br)ccc4o3)nc3ccccc3c2=O)cc(OC)c1OCc1ccc([N+](=O)[O-])cc1. The highest BCUT2D eigenvalue weighted by Crippen LogP contribution is 2.34. The van der Waals surface area contributed by atoms with Gasteiger partial charge >= 0.3 is 0 Å². The van der Waals surface area contributed by atoms with Crippen LogP contribution in [-0.2, 0) is 13.0 Å². The van der Waals surface area contributed by atoms with Gasteiger partial charge < -0.3 is 13.9 Å². The van der Waals surface area contributed by atoms with Crippen molar-refractivity contribution < 1.29 is 18.8 Å². The summed E-state index contributed by atoms with van der Waals surface area (Å²) >= 11 is 3.49. The maximum atomic E-state index is 13.7. The van der Waals surface area contributed by atoms with E-state index in [1.807, 2.05) is 36.4 Å². The van der Waals surface area contributed by atoms with Gasteiger partial charge in [0.15, 0.2) is 17.3 Å². The first-order valence-corrected chi connectivity index (χ1v) is 14.6. The normalized spacial score (nSPS) is 11.3. The summed E-state index contributed by atoms with van der Waals surface area (Å²) in [5, 5.41) is 16.8. The Kier molecular flexibility index (Phi) is 8.26. The monoisotopic (exact) mass is 664 g/mol. The van der Waals surface area contributed by atoms with Crippen molar-refractivity contribution in [3.63, 3.8) is 0 Å². The predicted molar refractivity (Wildman–Crippen MR) is 176 cm³/mol. The summed E-state index contributed by atoms with van der Waals surface area (Å²) in [6.07, 6.45) is 3.75. The minimum absolute atomic E-state index is 0.00425. The molecule has 6 rings (SSSR count). The Labute approximate surface area is 265 Å². The molecule has 0 aliphatic rings. The van der Waals surface area contributed by atoms with E-state index in [2.05, 4.69) is 27.6 Å². The number of para-hydroxylation sites is 1. The van der Waals surface area contributed by atoms with Crippen LogP contribution in [0.2, 0.25) is 0 Å². The molecule has 6 aromatic rings. The topological polar surface area (TPSA) is 122 Å². The van der Waals surface area contributed by atoms with Crippen LogP contribution in [-0.4, -0.2) is 27.9 Å². The molecule has 0 radical (unpaired) electrons. The second kappa shape index (κ2) is 12.6. The molecule has 224 valence electrons. The molecule has 11 heteroatoms. The molecule has 2 heterocycles. The van der Waals surface area contributed by atoms with E-state index < -0.39 is 4.92 Å². The number of hydrogen-bond donors (Lipinski definition) is 0. The summed E-state index contributed by atoms with van der Waals surface area (Å²) < 4.78 is 20.0. The molecular weight excluding hydrogens is 640 g/mol. The van der Waals surface area contributed by atoms with Crippen LogP contribution in [0.1, 0.15) is 16.7 Å². The Morgan fingerprint density at radius 2 is 1.89 bits per heavy atom. The van der Waals surface area contributed by atoms with Crippen LogP contribution >= 0.6 is 15.9 Å². The lowest BCUT2D eigenvalue weighted by Gasteiger charge is -2.16. The molecular formula is C34H25BrN4O6. The quantitative estimate of drug-likeness (QED) is 0.0637. The lowest BCUT2D eigenvalue weighted by atomic mass is 10.1. The van der Waals surface area contributed by atoms with Crippen LogP contribution in [0.15, 0.2) is 116 Å². The fraction of sp³-hybridized carbons (Fsp3) is 0.0882. The van der Waals surface area contributed by atoms with E-state index in [9.17, 15) is 14.9 Å². The molecule has 0 bridgehead atoms. The van der Waals surface area contributed by atoms with Crippen molar-refractivity contribution in [2.45, 2.75) is 13.0 Å². The molecule has 0 amide bonds. The maximum absolute atomic E-state index is 13.7. The summed E-state index contributed by atoms with van der Waals surface area (Å²) in [6.45, 7) is 4.04. The Bertz CT molecular complexity index is 2170. The van der Waals surface area contributed by atoms with E-state index in [4.69, 9.17) is 18.9 Å². The maximum Gasteiger partial charge on any atom is 0.282 e. The number of aromatic nitrogens is 2. The van der Waals surface area contributed by atoms with Crippen molar-refractivity contribution >= 4 is 49.7 Å². The molecule has 0 aliphatic carbocycles. The fourth-order valence-electron chi connectivity index (χ4n) is 4.89. The van der Waals surface area contributed by atoms with Crippen molar-refractivity contribution in [2.24, 2.45) is 5.10 Å². The highest BCUT2D eigenvalue weighted by atomic mass is 79.9. The van der Waals surface area contributed by atoms with Gasteiger partial charge in [-0.1, -0.05) is 34.1 Å². The Hall–Kier alpha value is -5.55. The number of ether oxygens (including phenoxy) is 2. The second-order valence-electron chi connectivity index (χ2n) is 10.0. The minimum atomic E-state index is -0.447. The van der Waals surface area contributed by atoms with Crippen LogP contribution in [0, 0.1) is 10.1 Å². The van der Waals surface area contributed by atoms with Crippen LogP contribution in [0.5, 0.6) is 11.5 Å². The first-order valence-electron chi connectivity index (χ1n) is 13.8. The van der Waals surface area contributed by atoms with E-state index in [-0.39, 0.29) is 23.7 Å². The molecule has 0 spiro atoms. The third kappa shape index (κ3) is 6.11. The zero-order valence-electron chi connectivity index (χ0n) is 24.0. The van der Waals surface area contributed by atoms with Crippen LogP contribution in [0.3, 0.4) is 0 Å². The summed E-state index contributed by atoms with van der Waals surface area (Å²) in [5.74, 6) is 1.60. The highest BCUT2D eigenvalue weighted by Gasteiger charge is 2.18. The lowest BCUT2D eigenvalue weighted by Crippen LogP contribution is -2.20. The Balaban J connectivity index is 1.39. The first-order chi connectivity index (χ1) is 21.8. The van der Waals surface area contributed by atoms with Crippen molar-refractivity contribution in [1.82, 2.24) is 9.66 Å². The van der Waals surface area contributed by atoms with Crippen molar-refractivity contribution in [1.29, 1.82) is 0 Å². The van der Waals surface area contributed by atoms with Crippen molar-refractivity contribution in [3.05, 3.63) is 139 Å². The van der Waals surface area contributed by atoms with Gasteiger partial charge in [-0.15, -0.1) is 6.58 Å². The van der Waals surface area contributed by atoms with Gasteiger partial charge in [0.2, 0.25) is 5.82 Å². The van der Waals surface area contributed by atoms with E-state index >= 15 is 0 Å². The predicted octanol–water partition coefficient (Wildman–Crippen LogP) is 7.68. The smallest absolute Gasteiger partial charge is 0.282 e. The van der Waals surface area contributed by atoms with Crippen molar-refractivity contribution in [3.8, 4) is 23.1 Å². The second-order valence-corrected chi connectivity index (χ2v) is 10.9. The molecule has 0 saturated heterocycles. The lowest BCUT2D eigenvalue weighted by molar-refractivity contribution is -0.384. The van der Waals surface area contributed by atoms with Crippen LogP contribution < -0.4 is 15.0 Å². The molecule has 10 nitrogen and oxygen atoms in total. The third-order valence-corrected chi connectivity index (χ3v) is 7.54. The van der Waals surface area contributed by atoms with Gasteiger partial charge in [-0.2, -0.15) is 9.78 Å². The van der Waals surface area contributed by atoms with Crippen LogP contribution in [0.4, 0.5) is 5.69 Å². The summed E-state index contributed by atoms with van der Waals surface area (Å²) in [6, 6.07) is 24.3. The number of nitro benzene ring substituents is 1. The molecule has 0 N–H and O–H groups in total. The summed E-state index contributed by atoms with van der Waals surface area (Å²) in [7, 11) is 1.53. The summed E-state index contributed by atoms with van der Waals surface area (Å²) in [5.41, 5.74) is 3.00. The molecule has 0 saturated carbocycles. The average molecular weight is 666 g/mol. The number of nitrogens with zero attached hydrogens (tertiary/aromatic N) is 4. The number of halogens is 1. The van der Waals surface area contributed by atoms with E-state index in [1.165, 1.54) is 23.9 Å². The van der Waals surface area contributed by atoms with Gasteiger partial charge in [0.05, 0.1) is 29.2 Å². The fourth-order valence-corrected chi connectivity index (χ4v) is 5.27. The molecule has 45 heavy (non-hydrogen) atoms. The number of furan rings is 1. The van der Waals surface area contributed by atoms with Gasteiger partial charge in [0, 0.05) is 27.6 Å². The number of non-ortho nitro benzene ring substituents is 1. The zero-order chi connectivity index (χ0) is 31.5. The van der Waals surface area contributed by atoms with E-state index in [0.29, 0.717) is 45.7 Å². The zero-order valence-corrected chi connectivity index (χ0v) is 25.6. The van der Waals surface area contributed by atoms with E-state index in [0.717, 1.165) is 21.0 Å². The molecule has 0 atom stereocenters. The van der Waals surface area contributed by atoms with Crippen LogP contribution in [0.25, 0.3) is 33.5 Å². The third-order valence-electron chi connectivity index (χ3n) is 7.04. The van der Waals surface area contributed by atoms with Gasteiger partial charge in [-0.25, -0.2) is 4.98 Å². The minimum Gasteiger partial charge on any atom is -0.493 e. The number of benzene rings is 4. The largest absolute Gasteiger partial charge is 0.493 e. The number of methoxy groups -OCH3 is 1. The molecule has 2 aromatic heterocycles. The van der Waals surface area contributed by atoms with E-state index in [1.54, 1.807) is 48.7 Å². The van der Waals surface area contributed by atoms with Gasteiger partial charge in [0.1, 0.15) is 12.2 Å². The van der Waals surface area contributed by atoms with Gasteiger partial charge in [-0.05, 0) is 78.2 Å². The van der Waals surface area contributed by atoms with Gasteiger partial charge in [0.25, 0.3) is 11.2 Å². The van der Waals surface area contributed by atoms with Gasteiger partial charge in [-0.3, -0.25) is 14.9 Å². The number of allylic oxidation sites excluding steroid dienone is 1. The van der Waals surface area contributed by atoms with Crippen molar-refractivity contribution in [2.75, 3.05) is 7.11 Å². The highest BCUT2D eigenvalue weighted by molar-refractivity contribution is 9.10. The standard InChI is InChI=1S/C34H25BrN4O6/c1-3-6-23-15-22(16-30(43-2)32(23)44-20-21-9-12-26(13-10-21)39(41)42)19-36-38-33(37-28-8-5-4-7-27(28)34(38)40)31-18-24-17-25(35)11-14-29(24)45-31/h3-5,7-19H,1,6,20H2,2H3. The number of nitro groups is 1. The Morgan fingerprint density at radius 1 is 1.09 bits per heavy atom. The number of rotatable bonds is 10. The molecule has 0 aliphatic heterocycles. The Morgan fingerprint density at radius 3 is 2.64 bits per heavy atom. The molecule has 0 unspecified atom stereocenters. The number of hydrogen-bond acceptors (Lipinski definition) is 8. The molecule has 0 fully saturated rings. The first kappa shape index (κ1) is 29.5. The molecule has 4 aromatic carbocycles.